The standard InChI is InChI=1S/C32H55N5O7S/c1-9-15-22(24(38)27(40)33-19-10-2)34-26(39)23-16-14-20-37(23)28(41)25(30(3,4)5)35-29(42)36-32(17-12-11-13-18-32)21-45(43,44)31(6,7)8/h10,22-23,25H,2,9,11-21H2,1,3-8H3,(H,33,40)(H,34,39)(H2,35,36,42)/t22?,23-,25+/m0/s1. The SMILES string of the molecule is C=CCNC(=O)C(=O)C(CCC)NC(=O)[C@@H]1CCCN1C(=O)[C@@H](NC(=O)NC1(CS(=O)(=O)C(C)(C)C)CCCCC1)C(C)(C)C. The van der Waals surface area contributed by atoms with Gasteiger partial charge in [0.15, 0.2) is 9.84 Å². The van der Waals surface area contributed by atoms with Gasteiger partial charge in [-0.05, 0) is 58.3 Å². The molecule has 1 saturated carbocycles. The minimum absolute atomic E-state index is 0.116. The smallest absolute Gasteiger partial charge is 0.315 e. The number of carbonyl (C=O) groups excluding carboxylic acids is 5. The van der Waals surface area contributed by atoms with E-state index in [2.05, 4.69) is 27.8 Å². The number of carbonyl (C=O) groups is 5. The lowest BCUT2D eigenvalue weighted by Crippen LogP contribution is -2.63. The first-order valence-corrected chi connectivity index (χ1v) is 17.8. The average molecular weight is 654 g/mol. The molecule has 0 aromatic heterocycles. The normalized spacial score (nSPS) is 20.0. The number of hydrogen-bond acceptors (Lipinski definition) is 7. The Kier molecular flexibility index (Phi) is 13.2. The summed E-state index contributed by atoms with van der Waals surface area (Å²) in [5.41, 5.74) is -1.70. The summed E-state index contributed by atoms with van der Waals surface area (Å²) in [5, 5.41) is 10.9. The van der Waals surface area contributed by atoms with Gasteiger partial charge in [-0.15, -0.1) is 6.58 Å². The second-order valence-electron chi connectivity index (χ2n) is 14.5. The number of hydrogen-bond donors (Lipinski definition) is 4. The van der Waals surface area contributed by atoms with E-state index in [4.69, 9.17) is 0 Å². The lowest BCUT2D eigenvalue weighted by molar-refractivity contribution is -0.143. The highest BCUT2D eigenvalue weighted by molar-refractivity contribution is 7.92. The largest absolute Gasteiger partial charge is 0.346 e. The van der Waals surface area contributed by atoms with Gasteiger partial charge in [0.2, 0.25) is 17.6 Å². The van der Waals surface area contributed by atoms with Gasteiger partial charge < -0.3 is 26.2 Å². The summed E-state index contributed by atoms with van der Waals surface area (Å²) in [6, 6.07) is -3.57. The summed E-state index contributed by atoms with van der Waals surface area (Å²) < 4.78 is 25.4. The van der Waals surface area contributed by atoms with Crippen LogP contribution in [0.3, 0.4) is 0 Å². The second kappa shape index (κ2) is 15.6. The first-order chi connectivity index (χ1) is 20.8. The maximum atomic E-state index is 14.0. The fourth-order valence-corrected chi connectivity index (χ4v) is 7.40. The highest BCUT2D eigenvalue weighted by atomic mass is 32.2. The fourth-order valence-electron chi connectivity index (χ4n) is 5.88. The Morgan fingerprint density at radius 3 is 2.13 bits per heavy atom. The van der Waals surface area contributed by atoms with E-state index in [9.17, 15) is 32.4 Å². The lowest BCUT2D eigenvalue weighted by Gasteiger charge is -2.41. The van der Waals surface area contributed by atoms with Gasteiger partial charge in [-0.2, -0.15) is 0 Å². The van der Waals surface area contributed by atoms with Crippen LogP contribution in [-0.4, -0.2) is 90.1 Å². The molecule has 45 heavy (non-hydrogen) atoms. The quantitative estimate of drug-likeness (QED) is 0.175. The van der Waals surface area contributed by atoms with Gasteiger partial charge in [-0.25, -0.2) is 13.2 Å². The van der Waals surface area contributed by atoms with Crippen LogP contribution in [0.15, 0.2) is 12.7 Å². The van der Waals surface area contributed by atoms with E-state index in [0.717, 1.165) is 19.3 Å². The van der Waals surface area contributed by atoms with Crippen LogP contribution in [0, 0.1) is 5.41 Å². The fraction of sp³-hybridized carbons (Fsp3) is 0.781. The Morgan fingerprint density at radius 2 is 1.60 bits per heavy atom. The summed E-state index contributed by atoms with van der Waals surface area (Å²) in [6.45, 7) is 16.1. The predicted octanol–water partition coefficient (Wildman–Crippen LogP) is 2.76. The molecule has 5 amide bonds. The Morgan fingerprint density at radius 1 is 0.978 bits per heavy atom. The zero-order valence-electron chi connectivity index (χ0n) is 28.2. The number of nitrogens with one attached hydrogen (secondary N) is 4. The van der Waals surface area contributed by atoms with Gasteiger partial charge in [0.25, 0.3) is 5.91 Å². The molecule has 2 rings (SSSR count). The van der Waals surface area contributed by atoms with E-state index in [-0.39, 0.29) is 25.3 Å². The number of nitrogens with zero attached hydrogens (tertiary/aromatic N) is 1. The summed E-state index contributed by atoms with van der Waals surface area (Å²) in [5.74, 6) is -2.75. The minimum Gasteiger partial charge on any atom is -0.346 e. The third-order valence-corrected chi connectivity index (χ3v) is 11.5. The van der Waals surface area contributed by atoms with Crippen molar-refractivity contribution in [3.63, 3.8) is 0 Å². The molecule has 2 fully saturated rings. The van der Waals surface area contributed by atoms with E-state index < -0.39 is 73.2 Å². The third kappa shape index (κ3) is 10.3. The van der Waals surface area contributed by atoms with Gasteiger partial charge in [-0.1, -0.05) is 59.5 Å². The molecule has 0 radical (unpaired) electrons. The Labute approximate surface area is 269 Å². The molecule has 1 saturated heterocycles. The first-order valence-electron chi connectivity index (χ1n) is 16.1. The van der Waals surface area contributed by atoms with Crippen molar-refractivity contribution < 1.29 is 32.4 Å². The summed E-state index contributed by atoms with van der Waals surface area (Å²) in [6.07, 6.45) is 6.71. The van der Waals surface area contributed by atoms with Gasteiger partial charge in [0.05, 0.1) is 22.1 Å². The zero-order chi connectivity index (χ0) is 34.2. The molecule has 1 heterocycles. The molecule has 13 heteroatoms. The van der Waals surface area contributed by atoms with Crippen molar-refractivity contribution in [3.8, 4) is 0 Å². The maximum Gasteiger partial charge on any atom is 0.315 e. The van der Waals surface area contributed by atoms with Crippen LogP contribution >= 0.6 is 0 Å². The topological polar surface area (TPSA) is 171 Å². The van der Waals surface area contributed by atoms with Crippen molar-refractivity contribution in [1.29, 1.82) is 0 Å². The van der Waals surface area contributed by atoms with E-state index in [1.54, 1.807) is 41.5 Å². The molecule has 1 aliphatic heterocycles. The average Bonchev–Trinajstić information content (AvgIpc) is 3.43. The van der Waals surface area contributed by atoms with E-state index >= 15 is 0 Å². The monoisotopic (exact) mass is 653 g/mol. The molecule has 1 unspecified atom stereocenters. The molecule has 0 aromatic carbocycles. The van der Waals surface area contributed by atoms with Crippen LogP contribution in [0.2, 0.25) is 0 Å². The van der Waals surface area contributed by atoms with Crippen molar-refractivity contribution in [2.75, 3.05) is 18.8 Å². The molecule has 0 aromatic rings. The molecular weight excluding hydrogens is 598 g/mol. The predicted molar refractivity (Wildman–Crippen MR) is 174 cm³/mol. The molecule has 1 aliphatic carbocycles. The molecule has 12 nitrogen and oxygen atoms in total. The number of Topliss-reactive ketones (excluding diaryl/α,β-unsaturated/α-hetero) is 1. The Bertz CT molecular complexity index is 1210. The highest BCUT2D eigenvalue weighted by Gasteiger charge is 2.45. The van der Waals surface area contributed by atoms with E-state index in [0.29, 0.717) is 32.1 Å². The van der Waals surface area contributed by atoms with Crippen molar-refractivity contribution in [3.05, 3.63) is 12.7 Å². The zero-order valence-corrected chi connectivity index (χ0v) is 29.0. The van der Waals surface area contributed by atoms with Crippen LogP contribution in [0.5, 0.6) is 0 Å². The minimum atomic E-state index is -3.55. The summed E-state index contributed by atoms with van der Waals surface area (Å²) >= 11 is 0. The van der Waals surface area contributed by atoms with Gasteiger partial charge in [0.1, 0.15) is 12.1 Å². The first kappa shape index (κ1) is 38.2. The Hall–Kier alpha value is -2.96. The maximum absolute atomic E-state index is 14.0. The number of likely N-dealkylation sites (tertiary alicyclic amines) is 1. The van der Waals surface area contributed by atoms with Crippen molar-refractivity contribution in [1.82, 2.24) is 26.2 Å². The Balaban J connectivity index is 2.24. The van der Waals surface area contributed by atoms with Crippen LogP contribution in [0.4, 0.5) is 4.79 Å². The molecule has 0 spiro atoms. The molecule has 256 valence electrons. The number of amides is 5. The van der Waals surface area contributed by atoms with Crippen LogP contribution in [-0.2, 0) is 29.0 Å². The van der Waals surface area contributed by atoms with Gasteiger partial charge >= 0.3 is 6.03 Å². The number of ketones is 1. The molecular formula is C32H55N5O7S. The van der Waals surface area contributed by atoms with Crippen molar-refractivity contribution >= 4 is 39.4 Å². The number of sulfone groups is 1. The summed E-state index contributed by atoms with van der Waals surface area (Å²) in [4.78, 5) is 67.5. The van der Waals surface area contributed by atoms with Gasteiger partial charge in [-0.3, -0.25) is 19.2 Å². The summed E-state index contributed by atoms with van der Waals surface area (Å²) in [7, 11) is -3.55. The highest BCUT2D eigenvalue weighted by Crippen LogP contribution is 2.33. The van der Waals surface area contributed by atoms with Gasteiger partial charge in [0, 0.05) is 13.1 Å². The molecule has 2 aliphatic rings. The van der Waals surface area contributed by atoms with Crippen molar-refractivity contribution in [2.45, 2.75) is 135 Å². The number of rotatable bonds is 13. The van der Waals surface area contributed by atoms with Crippen LogP contribution in [0.25, 0.3) is 0 Å². The third-order valence-electron chi connectivity index (χ3n) is 8.66. The van der Waals surface area contributed by atoms with Crippen molar-refractivity contribution in [2.24, 2.45) is 5.41 Å². The van der Waals surface area contributed by atoms with Crippen LogP contribution in [0.1, 0.15) is 106 Å². The number of urea groups is 1. The molecule has 4 N–H and O–H groups in total. The molecule has 3 atom stereocenters. The van der Waals surface area contributed by atoms with E-state index in [1.165, 1.54) is 11.0 Å². The van der Waals surface area contributed by atoms with Crippen LogP contribution < -0.4 is 21.3 Å². The van der Waals surface area contributed by atoms with E-state index in [1.807, 2.05) is 6.92 Å². The lowest BCUT2D eigenvalue weighted by atomic mass is 9.83. The molecule has 0 bridgehead atoms. The second-order valence-corrected chi connectivity index (χ2v) is 17.3.